The van der Waals surface area contributed by atoms with Crippen molar-refractivity contribution in [3.8, 4) is 11.5 Å². The number of pyridine rings is 1. The van der Waals surface area contributed by atoms with Gasteiger partial charge in [0.1, 0.15) is 6.61 Å². The van der Waals surface area contributed by atoms with Crippen LogP contribution in [0.5, 0.6) is 11.5 Å². The number of hydrogen-bond acceptors (Lipinski definition) is 5. The third kappa shape index (κ3) is 4.04. The molecule has 0 fully saturated rings. The number of allylic oxidation sites excluding steroid dienone is 1. The zero-order valence-electron chi connectivity index (χ0n) is 15.6. The Kier molecular flexibility index (Phi) is 6.38. The minimum absolute atomic E-state index is 0.0671. The predicted octanol–water partition coefficient (Wildman–Crippen LogP) is 4.06. The number of ether oxygens (including phenoxy) is 2. The highest BCUT2D eigenvalue weighted by Gasteiger charge is 2.20. The first-order chi connectivity index (χ1) is 12.4. The highest BCUT2D eigenvalue weighted by Crippen LogP contribution is 2.34. The van der Waals surface area contributed by atoms with Crippen LogP contribution >= 0.6 is 0 Å². The molecule has 0 bridgehead atoms. The Hall–Kier alpha value is -2.83. The summed E-state index contributed by atoms with van der Waals surface area (Å²) in [5.41, 5.74) is 1.15. The van der Waals surface area contributed by atoms with Gasteiger partial charge in [0.2, 0.25) is 5.75 Å². The molecule has 2 aromatic rings. The maximum atomic E-state index is 12.9. The number of aromatic nitrogens is 1. The third-order valence-corrected chi connectivity index (χ3v) is 4.03. The first-order valence-electron chi connectivity index (χ1n) is 8.55. The van der Waals surface area contributed by atoms with Crippen LogP contribution in [0.25, 0.3) is 10.9 Å². The van der Waals surface area contributed by atoms with E-state index in [-0.39, 0.29) is 23.6 Å². The fourth-order valence-electron chi connectivity index (χ4n) is 2.65. The first kappa shape index (κ1) is 19.5. The quantitative estimate of drug-likeness (QED) is 0.403. The number of nitro groups is 1. The van der Waals surface area contributed by atoms with Crippen LogP contribution in [0.4, 0.5) is 5.69 Å². The van der Waals surface area contributed by atoms with Gasteiger partial charge in [0.25, 0.3) is 11.2 Å². The van der Waals surface area contributed by atoms with Gasteiger partial charge >= 0.3 is 0 Å². The standard InChI is InChI=1S/C19H24N2O5/c1-5-6-10-20-16-12-14(21(23)24)7-8-15(16)17(18(25-4)19(20)22)26-11-9-13(2)3/h7-9,12H,5-6,10-11H2,1-4H3. The molecular weight excluding hydrogens is 336 g/mol. The Bertz CT molecular complexity index is 895. The lowest BCUT2D eigenvalue weighted by Gasteiger charge is -2.17. The summed E-state index contributed by atoms with van der Waals surface area (Å²) in [6, 6.07) is 4.43. The SMILES string of the molecule is CCCCn1c(=O)c(OC)c(OCC=C(C)C)c2ccc([N+](=O)[O-])cc21. The van der Waals surface area contributed by atoms with Crippen LogP contribution in [0.1, 0.15) is 33.6 Å². The van der Waals surface area contributed by atoms with Crippen molar-refractivity contribution in [2.24, 2.45) is 0 Å². The molecule has 0 radical (unpaired) electrons. The van der Waals surface area contributed by atoms with Gasteiger partial charge in [-0.2, -0.15) is 0 Å². The van der Waals surface area contributed by atoms with Crippen LogP contribution in [0.2, 0.25) is 0 Å². The second-order valence-corrected chi connectivity index (χ2v) is 6.22. The topological polar surface area (TPSA) is 83.6 Å². The van der Waals surface area contributed by atoms with Gasteiger partial charge in [0.05, 0.1) is 17.5 Å². The highest BCUT2D eigenvalue weighted by atomic mass is 16.6. The summed E-state index contributed by atoms with van der Waals surface area (Å²) in [5, 5.41) is 11.8. The summed E-state index contributed by atoms with van der Waals surface area (Å²) in [6.07, 6.45) is 3.56. The lowest BCUT2D eigenvalue weighted by atomic mass is 10.1. The van der Waals surface area contributed by atoms with E-state index in [0.29, 0.717) is 23.2 Å². The van der Waals surface area contributed by atoms with Gasteiger partial charge in [-0.05, 0) is 32.4 Å². The molecule has 0 saturated heterocycles. The van der Waals surface area contributed by atoms with Crippen LogP contribution < -0.4 is 15.0 Å². The second-order valence-electron chi connectivity index (χ2n) is 6.22. The maximum absolute atomic E-state index is 12.9. The number of methoxy groups -OCH3 is 1. The Morgan fingerprint density at radius 1 is 1.31 bits per heavy atom. The van der Waals surface area contributed by atoms with Crippen molar-refractivity contribution in [2.75, 3.05) is 13.7 Å². The molecule has 0 spiro atoms. The molecule has 1 heterocycles. The predicted molar refractivity (Wildman–Crippen MR) is 101 cm³/mol. The van der Waals surface area contributed by atoms with Crippen molar-refractivity contribution in [2.45, 2.75) is 40.2 Å². The van der Waals surface area contributed by atoms with E-state index in [4.69, 9.17) is 9.47 Å². The van der Waals surface area contributed by atoms with E-state index < -0.39 is 4.92 Å². The minimum atomic E-state index is -0.470. The van der Waals surface area contributed by atoms with Crippen LogP contribution in [0, 0.1) is 10.1 Å². The molecule has 26 heavy (non-hydrogen) atoms. The van der Waals surface area contributed by atoms with Crippen LogP contribution in [0.3, 0.4) is 0 Å². The molecule has 1 aromatic carbocycles. The molecule has 0 saturated carbocycles. The lowest BCUT2D eigenvalue weighted by molar-refractivity contribution is -0.384. The van der Waals surface area contributed by atoms with Gasteiger partial charge < -0.3 is 14.0 Å². The number of nitro benzene ring substituents is 1. The molecule has 140 valence electrons. The summed E-state index contributed by atoms with van der Waals surface area (Å²) >= 11 is 0. The average molecular weight is 360 g/mol. The third-order valence-electron chi connectivity index (χ3n) is 4.03. The number of rotatable bonds is 8. The van der Waals surface area contributed by atoms with Crippen molar-refractivity contribution in [1.29, 1.82) is 0 Å². The summed E-state index contributed by atoms with van der Waals surface area (Å²) in [7, 11) is 1.42. The lowest BCUT2D eigenvalue weighted by Crippen LogP contribution is -2.23. The van der Waals surface area contributed by atoms with E-state index in [1.54, 1.807) is 6.07 Å². The van der Waals surface area contributed by atoms with Gasteiger partial charge in [0.15, 0.2) is 5.75 Å². The number of benzene rings is 1. The molecule has 0 N–H and O–H groups in total. The molecule has 0 unspecified atom stereocenters. The Morgan fingerprint density at radius 2 is 2.04 bits per heavy atom. The fourth-order valence-corrected chi connectivity index (χ4v) is 2.65. The van der Waals surface area contributed by atoms with Crippen LogP contribution in [-0.2, 0) is 6.54 Å². The molecule has 2 rings (SSSR count). The number of aryl methyl sites for hydroxylation is 1. The second kappa shape index (κ2) is 8.51. The highest BCUT2D eigenvalue weighted by molar-refractivity contribution is 5.89. The molecule has 1 aromatic heterocycles. The van der Waals surface area contributed by atoms with Gasteiger partial charge in [0, 0.05) is 24.1 Å². The van der Waals surface area contributed by atoms with Crippen LogP contribution in [0.15, 0.2) is 34.6 Å². The maximum Gasteiger partial charge on any atom is 0.297 e. The summed E-state index contributed by atoms with van der Waals surface area (Å²) in [6.45, 7) is 6.65. The van der Waals surface area contributed by atoms with Crippen molar-refractivity contribution in [3.05, 3.63) is 50.3 Å². The molecule has 0 aliphatic carbocycles. The number of non-ortho nitro benzene ring substituents is 1. The zero-order valence-corrected chi connectivity index (χ0v) is 15.6. The van der Waals surface area contributed by atoms with E-state index in [1.165, 1.54) is 23.8 Å². The van der Waals surface area contributed by atoms with Gasteiger partial charge in [-0.15, -0.1) is 0 Å². The van der Waals surface area contributed by atoms with E-state index in [1.807, 2.05) is 26.8 Å². The first-order valence-corrected chi connectivity index (χ1v) is 8.55. The van der Waals surface area contributed by atoms with Crippen molar-refractivity contribution in [1.82, 2.24) is 4.57 Å². The Balaban J connectivity index is 2.74. The van der Waals surface area contributed by atoms with E-state index in [9.17, 15) is 14.9 Å². The molecular formula is C19H24N2O5. The van der Waals surface area contributed by atoms with Gasteiger partial charge in [-0.3, -0.25) is 14.9 Å². The Labute approximate surface area is 152 Å². The van der Waals surface area contributed by atoms with E-state index >= 15 is 0 Å². The van der Waals surface area contributed by atoms with Crippen LogP contribution in [-0.4, -0.2) is 23.2 Å². The number of fused-ring (bicyclic) bond motifs is 1. The largest absolute Gasteiger partial charge is 0.488 e. The fraction of sp³-hybridized carbons (Fsp3) is 0.421. The van der Waals surface area contributed by atoms with Gasteiger partial charge in [-0.1, -0.05) is 18.9 Å². The zero-order chi connectivity index (χ0) is 19.3. The molecule has 7 nitrogen and oxygen atoms in total. The summed E-state index contributed by atoms with van der Waals surface area (Å²) in [5.74, 6) is 0.428. The number of nitrogens with zero attached hydrogens (tertiary/aromatic N) is 2. The molecule has 7 heteroatoms. The number of hydrogen-bond donors (Lipinski definition) is 0. The monoisotopic (exact) mass is 360 g/mol. The Morgan fingerprint density at radius 3 is 2.62 bits per heavy atom. The average Bonchev–Trinajstić information content (AvgIpc) is 2.60. The van der Waals surface area contributed by atoms with Crippen molar-refractivity contribution >= 4 is 16.6 Å². The van der Waals surface area contributed by atoms with Gasteiger partial charge in [-0.25, -0.2) is 0 Å². The summed E-state index contributed by atoms with van der Waals surface area (Å²) in [4.78, 5) is 23.6. The van der Waals surface area contributed by atoms with Crippen molar-refractivity contribution in [3.63, 3.8) is 0 Å². The molecule has 0 atom stereocenters. The van der Waals surface area contributed by atoms with E-state index in [2.05, 4.69) is 0 Å². The van der Waals surface area contributed by atoms with Crippen molar-refractivity contribution < 1.29 is 14.4 Å². The molecule has 0 amide bonds. The number of unbranched alkanes of at least 4 members (excludes halogenated alkanes) is 1. The molecule has 0 aliphatic rings. The smallest absolute Gasteiger partial charge is 0.297 e. The minimum Gasteiger partial charge on any atom is -0.488 e. The van der Waals surface area contributed by atoms with E-state index in [0.717, 1.165) is 18.4 Å². The summed E-state index contributed by atoms with van der Waals surface area (Å²) < 4.78 is 12.7. The molecule has 0 aliphatic heterocycles. The normalized spacial score (nSPS) is 10.6.